The highest BCUT2D eigenvalue weighted by molar-refractivity contribution is 7.15. The summed E-state index contributed by atoms with van der Waals surface area (Å²) in [6.07, 6.45) is 6.49. The van der Waals surface area contributed by atoms with E-state index in [0.29, 0.717) is 0 Å². The molecule has 1 aromatic rings. The van der Waals surface area contributed by atoms with Gasteiger partial charge in [0.05, 0.1) is 0 Å². The van der Waals surface area contributed by atoms with Crippen LogP contribution in [0, 0.1) is 0 Å². The molecule has 0 nitrogen and oxygen atoms in total. The van der Waals surface area contributed by atoms with Crippen LogP contribution in [0.2, 0.25) is 0 Å². The van der Waals surface area contributed by atoms with Crippen molar-refractivity contribution in [1.29, 1.82) is 0 Å². The first-order valence-electron chi connectivity index (χ1n) is 4.71. The fourth-order valence-corrected chi connectivity index (χ4v) is 2.43. The number of fused-ring (bicyclic) bond motifs is 1. The van der Waals surface area contributed by atoms with Gasteiger partial charge in [0.15, 0.2) is 0 Å². The van der Waals surface area contributed by atoms with Gasteiger partial charge in [0.2, 0.25) is 0 Å². The number of hydrogen-bond acceptors (Lipinski definition) is 0. The molecule has 1 unspecified atom stereocenters. The first kappa shape index (κ1) is 8.26. The van der Waals surface area contributed by atoms with E-state index in [2.05, 4.69) is 27.4 Å². The molecule has 0 aromatic heterocycles. The van der Waals surface area contributed by atoms with Gasteiger partial charge in [-0.05, 0) is 48.5 Å². The Morgan fingerprint density at radius 3 is 2.83 bits per heavy atom. The monoisotopic (exact) mass is 178 g/mol. The number of benzene rings is 1. The Hall–Kier alpha value is -0.350. The van der Waals surface area contributed by atoms with Crippen molar-refractivity contribution in [2.75, 3.05) is 0 Å². The average molecular weight is 178 g/mol. The Kier molecular flexibility index (Phi) is 2.46. The lowest BCUT2D eigenvalue weighted by Gasteiger charge is -2.18. The van der Waals surface area contributed by atoms with E-state index < -0.39 is 0 Å². The van der Waals surface area contributed by atoms with E-state index in [-0.39, 0.29) is 0 Å². The highest BCUT2D eigenvalue weighted by Crippen LogP contribution is 2.25. The minimum atomic E-state index is 1.11. The standard InChI is InChI=1S/C11H15P/c12-8-10-6-3-5-9-4-1-2-7-11(9)10/h3,5-6H,1-2,4,7-8,12H2. The van der Waals surface area contributed by atoms with E-state index in [1.807, 2.05) is 0 Å². The lowest BCUT2D eigenvalue weighted by Crippen LogP contribution is -2.04. The maximum Gasteiger partial charge on any atom is -0.0126 e. The van der Waals surface area contributed by atoms with E-state index in [1.165, 1.54) is 31.2 Å². The third-order valence-electron chi connectivity index (χ3n) is 2.71. The Morgan fingerprint density at radius 2 is 2.00 bits per heavy atom. The zero-order chi connectivity index (χ0) is 8.39. The molecule has 1 aliphatic rings. The van der Waals surface area contributed by atoms with Crippen molar-refractivity contribution in [2.45, 2.75) is 31.8 Å². The largest absolute Gasteiger partial charge is 0.133 e. The predicted octanol–water partition coefficient (Wildman–Crippen LogP) is 2.94. The fraction of sp³-hybridized carbons (Fsp3) is 0.455. The highest BCUT2D eigenvalue weighted by atomic mass is 31.0. The molecule has 0 radical (unpaired) electrons. The lowest BCUT2D eigenvalue weighted by molar-refractivity contribution is 0.681. The van der Waals surface area contributed by atoms with Gasteiger partial charge in [-0.15, -0.1) is 9.24 Å². The zero-order valence-electron chi connectivity index (χ0n) is 7.34. The normalized spacial score (nSPS) is 15.8. The van der Waals surface area contributed by atoms with Crippen molar-refractivity contribution in [3.8, 4) is 0 Å². The van der Waals surface area contributed by atoms with Crippen molar-refractivity contribution in [1.82, 2.24) is 0 Å². The van der Waals surface area contributed by atoms with E-state index in [1.54, 1.807) is 11.1 Å². The van der Waals surface area contributed by atoms with Gasteiger partial charge in [0, 0.05) is 0 Å². The molecule has 0 saturated heterocycles. The molecule has 1 aromatic carbocycles. The van der Waals surface area contributed by atoms with Crippen molar-refractivity contribution in [3.63, 3.8) is 0 Å². The van der Waals surface area contributed by atoms with Crippen LogP contribution in [0.25, 0.3) is 0 Å². The molecule has 0 spiro atoms. The second kappa shape index (κ2) is 3.58. The van der Waals surface area contributed by atoms with Crippen molar-refractivity contribution < 1.29 is 0 Å². The molecule has 12 heavy (non-hydrogen) atoms. The molecule has 1 aliphatic carbocycles. The minimum absolute atomic E-state index is 1.11. The van der Waals surface area contributed by atoms with Crippen LogP contribution in [0.3, 0.4) is 0 Å². The highest BCUT2D eigenvalue weighted by Gasteiger charge is 2.10. The topological polar surface area (TPSA) is 0 Å². The fourth-order valence-electron chi connectivity index (χ4n) is 2.05. The van der Waals surface area contributed by atoms with Crippen LogP contribution < -0.4 is 0 Å². The van der Waals surface area contributed by atoms with Crippen LogP contribution in [-0.2, 0) is 19.0 Å². The number of hydrogen-bond donors (Lipinski definition) is 0. The number of rotatable bonds is 1. The van der Waals surface area contributed by atoms with Crippen LogP contribution in [-0.4, -0.2) is 0 Å². The van der Waals surface area contributed by atoms with Gasteiger partial charge in [-0.3, -0.25) is 0 Å². The average Bonchev–Trinajstić information content (AvgIpc) is 2.17. The minimum Gasteiger partial charge on any atom is -0.133 e. The zero-order valence-corrected chi connectivity index (χ0v) is 8.50. The molecule has 1 heteroatoms. The molecule has 1 atom stereocenters. The van der Waals surface area contributed by atoms with Crippen molar-refractivity contribution >= 4 is 9.24 Å². The molecule has 0 bridgehead atoms. The molecule has 0 saturated carbocycles. The molecule has 0 fully saturated rings. The van der Waals surface area contributed by atoms with Crippen LogP contribution in [0.15, 0.2) is 18.2 Å². The third kappa shape index (κ3) is 1.41. The quantitative estimate of drug-likeness (QED) is 0.580. The molecular formula is C11H15P. The molecule has 0 amide bonds. The first-order valence-corrected chi connectivity index (χ1v) is 5.53. The van der Waals surface area contributed by atoms with Gasteiger partial charge >= 0.3 is 0 Å². The van der Waals surface area contributed by atoms with Gasteiger partial charge in [0.25, 0.3) is 0 Å². The summed E-state index contributed by atoms with van der Waals surface area (Å²) in [5.74, 6) is 0. The lowest BCUT2D eigenvalue weighted by atomic mass is 9.89. The molecule has 2 rings (SSSR count). The summed E-state index contributed by atoms with van der Waals surface area (Å²) in [5.41, 5.74) is 4.78. The van der Waals surface area contributed by atoms with Crippen LogP contribution in [0.5, 0.6) is 0 Å². The van der Waals surface area contributed by atoms with Crippen molar-refractivity contribution in [2.24, 2.45) is 0 Å². The van der Waals surface area contributed by atoms with E-state index >= 15 is 0 Å². The van der Waals surface area contributed by atoms with Crippen LogP contribution in [0.1, 0.15) is 29.5 Å². The maximum atomic E-state index is 2.82. The summed E-state index contributed by atoms with van der Waals surface area (Å²) in [7, 11) is 2.82. The van der Waals surface area contributed by atoms with Gasteiger partial charge in [0.1, 0.15) is 0 Å². The van der Waals surface area contributed by atoms with Gasteiger partial charge < -0.3 is 0 Å². The van der Waals surface area contributed by atoms with Gasteiger partial charge in [-0.1, -0.05) is 18.2 Å². The second-order valence-electron chi connectivity index (χ2n) is 3.47. The summed E-state index contributed by atoms with van der Waals surface area (Å²) in [5, 5.41) is 0. The predicted molar refractivity (Wildman–Crippen MR) is 56.5 cm³/mol. The first-order chi connectivity index (χ1) is 5.92. The molecule has 0 N–H and O–H groups in total. The molecule has 0 aliphatic heterocycles. The summed E-state index contributed by atoms with van der Waals surface area (Å²) < 4.78 is 0. The Balaban J connectivity index is 2.44. The molecule has 0 heterocycles. The smallest absolute Gasteiger partial charge is 0.0126 e. The van der Waals surface area contributed by atoms with E-state index in [4.69, 9.17) is 0 Å². The summed E-state index contributed by atoms with van der Waals surface area (Å²) in [6.45, 7) is 0. The van der Waals surface area contributed by atoms with Crippen molar-refractivity contribution in [3.05, 3.63) is 34.9 Å². The van der Waals surface area contributed by atoms with Gasteiger partial charge in [-0.25, -0.2) is 0 Å². The Bertz CT molecular complexity index is 264. The van der Waals surface area contributed by atoms with Crippen LogP contribution in [0.4, 0.5) is 0 Å². The Labute approximate surface area is 76.6 Å². The molecular weight excluding hydrogens is 163 g/mol. The summed E-state index contributed by atoms with van der Waals surface area (Å²) in [6, 6.07) is 6.75. The number of aryl methyl sites for hydroxylation is 1. The second-order valence-corrected chi connectivity index (χ2v) is 3.87. The SMILES string of the molecule is PCc1cccc2c1CCCC2. The van der Waals surface area contributed by atoms with E-state index in [0.717, 1.165) is 6.16 Å². The summed E-state index contributed by atoms with van der Waals surface area (Å²) in [4.78, 5) is 0. The molecule has 64 valence electrons. The van der Waals surface area contributed by atoms with Crippen LogP contribution >= 0.6 is 9.24 Å². The van der Waals surface area contributed by atoms with E-state index in [9.17, 15) is 0 Å². The Morgan fingerprint density at radius 1 is 1.17 bits per heavy atom. The maximum absolute atomic E-state index is 2.82. The van der Waals surface area contributed by atoms with Gasteiger partial charge in [-0.2, -0.15) is 0 Å². The third-order valence-corrected chi connectivity index (χ3v) is 3.15. The summed E-state index contributed by atoms with van der Waals surface area (Å²) >= 11 is 0.